The van der Waals surface area contributed by atoms with Crippen LogP contribution in [0.3, 0.4) is 0 Å². The first-order valence-electron chi connectivity index (χ1n) is 5.70. The Morgan fingerprint density at radius 1 is 1.44 bits per heavy atom. The number of aryl methyl sites for hydroxylation is 1. The van der Waals surface area contributed by atoms with Crippen molar-refractivity contribution in [3.05, 3.63) is 16.1 Å². The highest BCUT2D eigenvalue weighted by atomic mass is 32.1. The van der Waals surface area contributed by atoms with Crippen molar-refractivity contribution in [2.24, 2.45) is 0 Å². The van der Waals surface area contributed by atoms with Crippen molar-refractivity contribution in [1.82, 2.24) is 15.6 Å². The van der Waals surface area contributed by atoms with Crippen molar-refractivity contribution in [1.29, 1.82) is 0 Å². The molecule has 2 N–H and O–H groups in total. The van der Waals surface area contributed by atoms with Crippen molar-refractivity contribution in [3.8, 4) is 0 Å². The summed E-state index contributed by atoms with van der Waals surface area (Å²) in [5.74, 6) is -0.125. The van der Waals surface area contributed by atoms with Gasteiger partial charge < -0.3 is 15.4 Å². The predicted molar refractivity (Wildman–Crippen MR) is 68.3 cm³/mol. The number of thiazole rings is 1. The fourth-order valence-corrected chi connectivity index (χ4v) is 1.92. The number of hydrogen-bond acceptors (Lipinski definition) is 5. The van der Waals surface area contributed by atoms with Gasteiger partial charge in [0.1, 0.15) is 5.01 Å². The number of nitrogens with zero attached hydrogens (tertiary/aromatic N) is 1. The molecular formula is C11H17N3O3S. The smallest absolute Gasteiger partial charge is 0.407 e. The monoisotopic (exact) mass is 271 g/mol. The molecule has 2 amide bonds. The highest BCUT2D eigenvalue weighted by Gasteiger charge is 2.05. The largest absolute Gasteiger partial charge is 0.450 e. The summed E-state index contributed by atoms with van der Waals surface area (Å²) in [7, 11) is 0. The molecule has 1 heterocycles. The van der Waals surface area contributed by atoms with Crippen LogP contribution in [-0.4, -0.2) is 30.1 Å². The molecule has 0 unspecified atom stereocenters. The van der Waals surface area contributed by atoms with Crippen molar-refractivity contribution in [3.63, 3.8) is 0 Å². The fraction of sp³-hybridized carbons (Fsp3) is 0.545. The fourth-order valence-electron chi connectivity index (χ4n) is 1.21. The summed E-state index contributed by atoms with van der Waals surface area (Å²) in [4.78, 5) is 26.6. The molecular weight excluding hydrogens is 254 g/mol. The number of rotatable bonds is 6. The minimum Gasteiger partial charge on any atom is -0.450 e. The lowest BCUT2D eigenvalue weighted by atomic mass is 10.4. The Balaban J connectivity index is 2.12. The van der Waals surface area contributed by atoms with E-state index in [1.807, 2.05) is 12.3 Å². The average molecular weight is 271 g/mol. The van der Waals surface area contributed by atoms with E-state index in [2.05, 4.69) is 20.4 Å². The van der Waals surface area contributed by atoms with Gasteiger partial charge in [-0.2, -0.15) is 0 Å². The summed E-state index contributed by atoms with van der Waals surface area (Å²) in [5, 5.41) is 8.03. The van der Waals surface area contributed by atoms with Gasteiger partial charge in [-0.25, -0.2) is 9.78 Å². The molecule has 1 aromatic heterocycles. The maximum Gasteiger partial charge on any atom is 0.407 e. The van der Waals surface area contributed by atoms with Crippen LogP contribution in [-0.2, 0) is 16.1 Å². The van der Waals surface area contributed by atoms with Crippen molar-refractivity contribution >= 4 is 23.3 Å². The number of nitrogens with one attached hydrogen (secondary N) is 2. The normalized spacial score (nSPS) is 9.89. The SMILES string of the molecule is CCOC(=O)NCCC(=O)NCc1nc(C)cs1. The van der Waals surface area contributed by atoms with Crippen LogP contribution in [0.5, 0.6) is 0 Å². The Labute approximate surface area is 110 Å². The van der Waals surface area contributed by atoms with Crippen LogP contribution in [0, 0.1) is 6.92 Å². The Kier molecular flexibility index (Phi) is 6.13. The molecule has 1 rings (SSSR count). The van der Waals surface area contributed by atoms with Gasteiger partial charge in [-0.1, -0.05) is 0 Å². The minimum absolute atomic E-state index is 0.125. The van der Waals surface area contributed by atoms with Crippen molar-refractivity contribution in [2.75, 3.05) is 13.2 Å². The minimum atomic E-state index is -0.499. The first-order valence-corrected chi connectivity index (χ1v) is 6.58. The molecule has 0 radical (unpaired) electrons. The molecule has 7 heteroatoms. The summed E-state index contributed by atoms with van der Waals surface area (Å²) in [6, 6.07) is 0. The molecule has 6 nitrogen and oxygen atoms in total. The van der Waals surface area contributed by atoms with E-state index in [1.165, 1.54) is 11.3 Å². The Morgan fingerprint density at radius 2 is 2.22 bits per heavy atom. The van der Waals surface area contributed by atoms with E-state index in [0.717, 1.165) is 10.7 Å². The Bertz CT molecular complexity index is 406. The van der Waals surface area contributed by atoms with Crippen LogP contribution in [0.1, 0.15) is 24.0 Å². The van der Waals surface area contributed by atoms with Gasteiger partial charge in [0.25, 0.3) is 0 Å². The maximum absolute atomic E-state index is 11.4. The van der Waals surface area contributed by atoms with E-state index in [-0.39, 0.29) is 18.9 Å². The maximum atomic E-state index is 11.4. The highest BCUT2D eigenvalue weighted by molar-refractivity contribution is 7.09. The summed E-state index contributed by atoms with van der Waals surface area (Å²) in [6.45, 7) is 4.65. The quantitative estimate of drug-likeness (QED) is 0.815. The predicted octanol–water partition coefficient (Wildman–Crippen LogP) is 1.20. The topological polar surface area (TPSA) is 80.3 Å². The van der Waals surface area contributed by atoms with E-state index >= 15 is 0 Å². The van der Waals surface area contributed by atoms with Gasteiger partial charge in [0.15, 0.2) is 0 Å². The standard InChI is InChI=1S/C11H17N3O3S/c1-3-17-11(16)12-5-4-9(15)13-6-10-14-8(2)7-18-10/h7H,3-6H2,1-2H3,(H,12,16)(H,13,15). The number of amides is 2. The third-order valence-electron chi connectivity index (χ3n) is 2.00. The molecule has 0 spiro atoms. The molecule has 100 valence electrons. The molecule has 18 heavy (non-hydrogen) atoms. The van der Waals surface area contributed by atoms with Gasteiger partial charge in [0.05, 0.1) is 13.2 Å². The van der Waals surface area contributed by atoms with E-state index in [4.69, 9.17) is 0 Å². The molecule has 0 saturated carbocycles. The molecule has 0 aromatic carbocycles. The summed E-state index contributed by atoms with van der Waals surface area (Å²) in [5.41, 5.74) is 0.952. The lowest BCUT2D eigenvalue weighted by molar-refractivity contribution is -0.121. The highest BCUT2D eigenvalue weighted by Crippen LogP contribution is 2.07. The number of carbonyl (C=O) groups is 2. The van der Waals surface area contributed by atoms with E-state index in [1.54, 1.807) is 6.92 Å². The van der Waals surface area contributed by atoms with Gasteiger partial charge in [-0.05, 0) is 13.8 Å². The number of alkyl carbamates (subject to hydrolysis) is 1. The Morgan fingerprint density at radius 3 is 2.83 bits per heavy atom. The van der Waals surface area contributed by atoms with Gasteiger partial charge in [0, 0.05) is 24.0 Å². The zero-order chi connectivity index (χ0) is 13.4. The zero-order valence-electron chi connectivity index (χ0n) is 10.5. The van der Waals surface area contributed by atoms with Crippen LogP contribution in [0.15, 0.2) is 5.38 Å². The van der Waals surface area contributed by atoms with E-state index < -0.39 is 6.09 Å². The third-order valence-corrected chi connectivity index (χ3v) is 2.97. The summed E-state index contributed by atoms with van der Waals surface area (Å²) < 4.78 is 4.67. The summed E-state index contributed by atoms with van der Waals surface area (Å²) in [6.07, 6.45) is -0.274. The summed E-state index contributed by atoms with van der Waals surface area (Å²) >= 11 is 1.51. The number of ether oxygens (including phenoxy) is 1. The van der Waals surface area contributed by atoms with Crippen molar-refractivity contribution in [2.45, 2.75) is 26.8 Å². The van der Waals surface area contributed by atoms with Gasteiger partial charge in [-0.3, -0.25) is 4.79 Å². The first kappa shape index (κ1) is 14.4. The molecule has 0 atom stereocenters. The van der Waals surface area contributed by atoms with Crippen LogP contribution in [0.2, 0.25) is 0 Å². The molecule has 0 aliphatic carbocycles. The van der Waals surface area contributed by atoms with Gasteiger partial charge >= 0.3 is 6.09 Å². The number of aromatic nitrogens is 1. The number of hydrogen-bond donors (Lipinski definition) is 2. The van der Waals surface area contributed by atoms with Crippen LogP contribution < -0.4 is 10.6 Å². The molecule has 0 bridgehead atoms. The van der Waals surface area contributed by atoms with E-state index in [9.17, 15) is 9.59 Å². The first-order chi connectivity index (χ1) is 8.61. The van der Waals surface area contributed by atoms with Crippen LogP contribution in [0.4, 0.5) is 4.79 Å². The molecule has 1 aromatic rings. The molecule has 0 fully saturated rings. The second-order valence-corrected chi connectivity index (χ2v) is 4.50. The van der Waals surface area contributed by atoms with Gasteiger partial charge in [0.2, 0.25) is 5.91 Å². The van der Waals surface area contributed by atoms with Crippen LogP contribution in [0.25, 0.3) is 0 Å². The zero-order valence-corrected chi connectivity index (χ0v) is 11.3. The van der Waals surface area contributed by atoms with Gasteiger partial charge in [-0.15, -0.1) is 11.3 Å². The lowest BCUT2D eigenvalue weighted by Gasteiger charge is -2.05. The van der Waals surface area contributed by atoms with Crippen molar-refractivity contribution < 1.29 is 14.3 Å². The third kappa shape index (κ3) is 5.62. The second kappa shape index (κ2) is 7.65. The Hall–Kier alpha value is -1.63. The molecule has 0 aliphatic heterocycles. The lowest BCUT2D eigenvalue weighted by Crippen LogP contribution is -2.30. The van der Waals surface area contributed by atoms with Crippen LogP contribution >= 0.6 is 11.3 Å². The number of carbonyl (C=O) groups excluding carboxylic acids is 2. The molecule has 0 aliphatic rings. The second-order valence-electron chi connectivity index (χ2n) is 3.56. The molecule has 0 saturated heterocycles. The average Bonchev–Trinajstić information content (AvgIpc) is 2.73. The van der Waals surface area contributed by atoms with E-state index in [0.29, 0.717) is 13.2 Å².